The Morgan fingerprint density at radius 3 is 2.53 bits per heavy atom. The number of carbonyl (C=O) groups excluding carboxylic acids is 1. The Labute approximate surface area is 137 Å². The summed E-state index contributed by atoms with van der Waals surface area (Å²) in [5.74, 6) is -0.325. The summed E-state index contributed by atoms with van der Waals surface area (Å²) in [4.78, 5) is 12.1. The summed E-state index contributed by atoms with van der Waals surface area (Å²) >= 11 is 22.3. The summed E-state index contributed by atoms with van der Waals surface area (Å²) in [6, 6.07) is 5.05. The zero-order chi connectivity index (χ0) is 14.2. The van der Waals surface area contributed by atoms with E-state index in [-0.39, 0.29) is 5.91 Å². The van der Waals surface area contributed by atoms with Crippen molar-refractivity contribution in [1.82, 2.24) is 0 Å². The Morgan fingerprint density at radius 1 is 1.26 bits per heavy atom. The molecule has 19 heavy (non-hydrogen) atoms. The van der Waals surface area contributed by atoms with Crippen LogP contribution in [0.25, 0.3) is 0 Å². The number of amides is 1. The van der Waals surface area contributed by atoms with Crippen LogP contribution in [0.4, 0.5) is 5.69 Å². The van der Waals surface area contributed by atoms with Gasteiger partial charge in [-0.2, -0.15) is 0 Å². The number of aryl methyl sites for hydroxylation is 1. The lowest BCUT2D eigenvalue weighted by molar-refractivity contribution is 0.102. The quantitative estimate of drug-likeness (QED) is 0.656. The molecule has 7 heteroatoms. The molecule has 0 aliphatic heterocycles. The fourth-order valence-electron chi connectivity index (χ4n) is 1.43. The minimum Gasteiger partial charge on any atom is -0.321 e. The molecule has 0 atom stereocenters. The molecule has 0 radical (unpaired) electrons. The van der Waals surface area contributed by atoms with Crippen molar-refractivity contribution in [3.63, 3.8) is 0 Å². The molecular weight excluding hydrogens is 392 g/mol. The third-order valence-electron chi connectivity index (χ3n) is 2.40. The van der Waals surface area contributed by atoms with Crippen molar-refractivity contribution in [2.24, 2.45) is 0 Å². The Morgan fingerprint density at radius 2 is 1.95 bits per heavy atom. The minimum absolute atomic E-state index is 0.325. The topological polar surface area (TPSA) is 29.1 Å². The SMILES string of the molecule is Cc1cc(Br)c(NC(=O)c2cc(Cl)sc2Cl)cc1Cl. The number of hydrogen-bond donors (Lipinski definition) is 1. The fourth-order valence-corrected chi connectivity index (χ4v) is 3.61. The van der Waals surface area contributed by atoms with E-state index in [0.717, 1.165) is 21.4 Å². The van der Waals surface area contributed by atoms with E-state index in [9.17, 15) is 4.79 Å². The van der Waals surface area contributed by atoms with Crippen LogP contribution in [0.1, 0.15) is 15.9 Å². The van der Waals surface area contributed by atoms with Gasteiger partial charge in [-0.3, -0.25) is 4.79 Å². The van der Waals surface area contributed by atoms with Gasteiger partial charge < -0.3 is 5.32 Å². The van der Waals surface area contributed by atoms with Gasteiger partial charge in [0.05, 0.1) is 15.6 Å². The second kappa shape index (κ2) is 6.02. The molecule has 1 aromatic heterocycles. The third kappa shape index (κ3) is 3.44. The van der Waals surface area contributed by atoms with Gasteiger partial charge in [0.2, 0.25) is 0 Å². The zero-order valence-electron chi connectivity index (χ0n) is 9.56. The molecule has 2 aromatic rings. The Kier molecular flexibility index (Phi) is 4.79. The van der Waals surface area contributed by atoms with E-state index in [1.807, 2.05) is 13.0 Å². The highest BCUT2D eigenvalue weighted by atomic mass is 79.9. The third-order valence-corrected chi connectivity index (χ3v) is 4.95. The second-order valence-electron chi connectivity index (χ2n) is 3.77. The first-order valence-electron chi connectivity index (χ1n) is 5.10. The molecule has 1 heterocycles. The molecule has 0 fully saturated rings. The predicted molar refractivity (Wildman–Crippen MR) is 86.2 cm³/mol. The summed E-state index contributed by atoms with van der Waals surface area (Å²) in [7, 11) is 0. The molecule has 0 unspecified atom stereocenters. The average Bonchev–Trinajstić information content (AvgIpc) is 2.65. The van der Waals surface area contributed by atoms with Crippen molar-refractivity contribution in [1.29, 1.82) is 0 Å². The maximum atomic E-state index is 12.1. The van der Waals surface area contributed by atoms with Crippen LogP contribution in [0.2, 0.25) is 13.7 Å². The van der Waals surface area contributed by atoms with Gasteiger partial charge in [-0.25, -0.2) is 0 Å². The van der Waals surface area contributed by atoms with E-state index in [0.29, 0.717) is 24.9 Å². The van der Waals surface area contributed by atoms with Crippen molar-refractivity contribution in [3.8, 4) is 0 Å². The molecule has 0 bridgehead atoms. The van der Waals surface area contributed by atoms with Crippen LogP contribution in [0.5, 0.6) is 0 Å². The number of nitrogens with one attached hydrogen (secondary N) is 1. The zero-order valence-corrected chi connectivity index (χ0v) is 14.2. The highest BCUT2D eigenvalue weighted by Gasteiger charge is 2.16. The standard InChI is InChI=1S/C12H7BrCl3NOS/c1-5-2-7(13)9(4-8(5)14)17-12(18)6-3-10(15)19-11(6)16/h2-4H,1H3,(H,17,18). The summed E-state index contributed by atoms with van der Waals surface area (Å²) in [5, 5.41) is 3.32. The lowest BCUT2D eigenvalue weighted by Crippen LogP contribution is -2.11. The van der Waals surface area contributed by atoms with Gasteiger partial charge >= 0.3 is 0 Å². The van der Waals surface area contributed by atoms with E-state index in [1.165, 1.54) is 6.07 Å². The van der Waals surface area contributed by atoms with Crippen molar-refractivity contribution < 1.29 is 4.79 Å². The van der Waals surface area contributed by atoms with Gasteiger partial charge in [0, 0.05) is 9.50 Å². The molecule has 0 aliphatic rings. The van der Waals surface area contributed by atoms with Gasteiger partial charge in [0.1, 0.15) is 4.34 Å². The van der Waals surface area contributed by atoms with Crippen LogP contribution in [0.15, 0.2) is 22.7 Å². The smallest absolute Gasteiger partial charge is 0.258 e. The van der Waals surface area contributed by atoms with Crippen LogP contribution in [-0.2, 0) is 0 Å². The summed E-state index contributed by atoms with van der Waals surface area (Å²) in [6.07, 6.45) is 0. The largest absolute Gasteiger partial charge is 0.321 e. The predicted octanol–water partition coefficient (Wildman–Crippen LogP) is 6.03. The van der Waals surface area contributed by atoms with E-state index >= 15 is 0 Å². The van der Waals surface area contributed by atoms with Crippen molar-refractivity contribution in [2.45, 2.75) is 6.92 Å². The highest BCUT2D eigenvalue weighted by Crippen LogP contribution is 2.33. The molecule has 0 saturated carbocycles. The lowest BCUT2D eigenvalue weighted by Gasteiger charge is -2.09. The number of anilines is 1. The van der Waals surface area contributed by atoms with Crippen LogP contribution >= 0.6 is 62.1 Å². The molecule has 2 nitrogen and oxygen atoms in total. The van der Waals surface area contributed by atoms with E-state index < -0.39 is 0 Å². The van der Waals surface area contributed by atoms with Crippen LogP contribution in [0.3, 0.4) is 0 Å². The van der Waals surface area contributed by atoms with Crippen LogP contribution in [0, 0.1) is 6.92 Å². The Balaban J connectivity index is 2.29. The number of hydrogen-bond acceptors (Lipinski definition) is 2. The van der Waals surface area contributed by atoms with Gasteiger partial charge in [0.15, 0.2) is 0 Å². The Bertz CT molecular complexity index is 657. The summed E-state index contributed by atoms with van der Waals surface area (Å²) in [5.41, 5.74) is 1.85. The van der Waals surface area contributed by atoms with Crippen LogP contribution in [-0.4, -0.2) is 5.91 Å². The van der Waals surface area contributed by atoms with Gasteiger partial charge in [-0.15, -0.1) is 11.3 Å². The monoisotopic (exact) mass is 397 g/mol. The molecule has 0 aliphatic carbocycles. The van der Waals surface area contributed by atoms with E-state index in [4.69, 9.17) is 34.8 Å². The van der Waals surface area contributed by atoms with E-state index in [2.05, 4.69) is 21.2 Å². The minimum atomic E-state index is -0.325. The van der Waals surface area contributed by atoms with E-state index in [1.54, 1.807) is 6.07 Å². The van der Waals surface area contributed by atoms with Crippen molar-refractivity contribution in [3.05, 3.63) is 47.5 Å². The molecule has 2 rings (SSSR count). The number of benzene rings is 1. The highest BCUT2D eigenvalue weighted by molar-refractivity contribution is 9.10. The first kappa shape index (κ1) is 15.1. The molecule has 1 aromatic carbocycles. The Hall–Kier alpha value is -0.260. The average molecular weight is 400 g/mol. The molecule has 100 valence electrons. The summed E-state index contributed by atoms with van der Waals surface area (Å²) in [6.45, 7) is 1.88. The maximum absolute atomic E-state index is 12.1. The molecule has 1 amide bonds. The number of rotatable bonds is 2. The first-order chi connectivity index (χ1) is 8.88. The maximum Gasteiger partial charge on any atom is 0.258 e. The van der Waals surface area contributed by atoms with Gasteiger partial charge in [0.25, 0.3) is 5.91 Å². The molecule has 0 saturated heterocycles. The fraction of sp³-hybridized carbons (Fsp3) is 0.0833. The number of carbonyl (C=O) groups is 1. The molecular formula is C12H7BrCl3NOS. The second-order valence-corrected chi connectivity index (χ2v) is 7.32. The summed E-state index contributed by atoms with van der Waals surface area (Å²) < 4.78 is 1.58. The normalized spacial score (nSPS) is 10.6. The van der Waals surface area contributed by atoms with Crippen molar-refractivity contribution in [2.75, 3.05) is 5.32 Å². The first-order valence-corrected chi connectivity index (χ1v) is 7.84. The lowest BCUT2D eigenvalue weighted by atomic mass is 10.2. The number of thiophene rings is 1. The molecule has 1 N–H and O–H groups in total. The van der Waals surface area contributed by atoms with Crippen molar-refractivity contribution >= 4 is 73.7 Å². The van der Waals surface area contributed by atoms with Gasteiger partial charge in [-0.1, -0.05) is 34.8 Å². The van der Waals surface area contributed by atoms with Crippen LogP contribution < -0.4 is 5.32 Å². The number of halogens is 4. The molecule has 0 spiro atoms. The van der Waals surface area contributed by atoms with Gasteiger partial charge in [-0.05, 0) is 46.6 Å².